The molecule has 1 N–H and O–H groups in total. The minimum Gasteiger partial charge on any atom is -0.316 e. The Morgan fingerprint density at radius 1 is 1.39 bits per heavy atom. The molecule has 0 fully saturated rings. The Bertz CT molecular complexity index is 546. The Balaban J connectivity index is 1.80. The predicted octanol–water partition coefficient (Wildman–Crippen LogP) is 3.11. The number of carbonyl (C=O) groups excluding carboxylic acids is 2. The smallest absolute Gasteiger partial charge is 0.225 e. The van der Waals surface area contributed by atoms with Gasteiger partial charge in [-0.2, -0.15) is 4.37 Å². The summed E-state index contributed by atoms with van der Waals surface area (Å²) in [7, 11) is 0. The van der Waals surface area contributed by atoms with Gasteiger partial charge in [-0.05, 0) is 36.0 Å². The largest absolute Gasteiger partial charge is 0.316 e. The number of thiophene rings is 1. The first-order valence-corrected chi connectivity index (χ1v) is 7.10. The fraction of sp³-hybridized carbons (Fsp3) is 0.250. The number of anilines is 1. The Morgan fingerprint density at radius 2 is 2.22 bits per heavy atom. The van der Waals surface area contributed by atoms with Gasteiger partial charge in [0.15, 0.2) is 5.78 Å². The van der Waals surface area contributed by atoms with Crippen molar-refractivity contribution in [3.8, 4) is 0 Å². The molecule has 0 spiro atoms. The lowest BCUT2D eigenvalue weighted by molar-refractivity contribution is -0.116. The second-order valence-electron chi connectivity index (χ2n) is 3.78. The van der Waals surface area contributed by atoms with Crippen LogP contribution in [-0.4, -0.2) is 16.1 Å². The van der Waals surface area contributed by atoms with Crippen molar-refractivity contribution >= 4 is 39.6 Å². The number of carbonyl (C=O) groups is 2. The molecular formula is C12H12N2O2S2. The maximum Gasteiger partial charge on any atom is 0.225 e. The highest BCUT2D eigenvalue weighted by molar-refractivity contribution is 7.12. The molecule has 1 amide bonds. The zero-order valence-electron chi connectivity index (χ0n) is 9.80. The SMILES string of the molecule is Cc1cc(NC(=O)CCC(=O)c2cccs2)sn1. The average molecular weight is 280 g/mol. The maximum absolute atomic E-state index is 11.7. The first-order valence-electron chi connectivity index (χ1n) is 5.45. The molecule has 2 heterocycles. The molecule has 94 valence electrons. The second-order valence-corrected chi connectivity index (χ2v) is 5.53. The highest BCUT2D eigenvalue weighted by Gasteiger charge is 2.10. The second kappa shape index (κ2) is 5.88. The predicted molar refractivity (Wildman–Crippen MR) is 73.4 cm³/mol. The van der Waals surface area contributed by atoms with Crippen molar-refractivity contribution in [1.82, 2.24) is 4.37 Å². The third kappa shape index (κ3) is 3.48. The first kappa shape index (κ1) is 12.9. The number of amides is 1. The Hall–Kier alpha value is -1.53. The number of ketones is 1. The molecule has 18 heavy (non-hydrogen) atoms. The number of hydrogen-bond donors (Lipinski definition) is 1. The van der Waals surface area contributed by atoms with Gasteiger partial charge in [0.05, 0.1) is 10.6 Å². The van der Waals surface area contributed by atoms with Crippen LogP contribution >= 0.6 is 22.9 Å². The van der Waals surface area contributed by atoms with E-state index in [0.717, 1.165) is 10.7 Å². The lowest BCUT2D eigenvalue weighted by Crippen LogP contribution is -2.12. The van der Waals surface area contributed by atoms with Gasteiger partial charge in [-0.15, -0.1) is 11.3 Å². The molecule has 2 rings (SSSR count). The van der Waals surface area contributed by atoms with Crippen LogP contribution in [0.3, 0.4) is 0 Å². The van der Waals surface area contributed by atoms with E-state index in [4.69, 9.17) is 0 Å². The number of hydrogen-bond acceptors (Lipinski definition) is 5. The van der Waals surface area contributed by atoms with Gasteiger partial charge in [-0.1, -0.05) is 6.07 Å². The number of aromatic nitrogens is 1. The van der Waals surface area contributed by atoms with Gasteiger partial charge >= 0.3 is 0 Å². The van der Waals surface area contributed by atoms with Crippen LogP contribution in [0.25, 0.3) is 0 Å². The number of Topliss-reactive ketones (excluding diaryl/α,β-unsaturated/α-hetero) is 1. The highest BCUT2D eigenvalue weighted by Crippen LogP contribution is 2.16. The van der Waals surface area contributed by atoms with Crippen LogP contribution in [0.2, 0.25) is 0 Å². The molecule has 0 unspecified atom stereocenters. The van der Waals surface area contributed by atoms with E-state index in [1.807, 2.05) is 24.4 Å². The quantitative estimate of drug-likeness (QED) is 0.856. The summed E-state index contributed by atoms with van der Waals surface area (Å²) in [6.07, 6.45) is 0.442. The van der Waals surface area contributed by atoms with E-state index in [2.05, 4.69) is 9.69 Å². The molecule has 0 bridgehead atoms. The maximum atomic E-state index is 11.7. The number of nitrogens with one attached hydrogen (secondary N) is 1. The van der Waals surface area contributed by atoms with Crippen molar-refractivity contribution in [2.75, 3.05) is 5.32 Å². The first-order chi connectivity index (χ1) is 8.65. The van der Waals surface area contributed by atoms with Gasteiger partial charge in [0.1, 0.15) is 5.00 Å². The van der Waals surface area contributed by atoms with Crippen molar-refractivity contribution in [3.63, 3.8) is 0 Å². The zero-order chi connectivity index (χ0) is 13.0. The van der Waals surface area contributed by atoms with Crippen LogP contribution in [0.1, 0.15) is 28.2 Å². The van der Waals surface area contributed by atoms with E-state index in [-0.39, 0.29) is 24.5 Å². The van der Waals surface area contributed by atoms with Gasteiger partial charge in [-0.3, -0.25) is 9.59 Å². The van der Waals surface area contributed by atoms with Crippen LogP contribution in [-0.2, 0) is 4.79 Å². The van der Waals surface area contributed by atoms with E-state index in [1.54, 1.807) is 6.07 Å². The molecule has 0 aliphatic heterocycles. The molecule has 2 aromatic heterocycles. The number of rotatable bonds is 5. The number of aryl methyl sites for hydroxylation is 1. The Morgan fingerprint density at radius 3 is 2.83 bits per heavy atom. The molecule has 0 aliphatic rings. The molecule has 0 saturated heterocycles. The summed E-state index contributed by atoms with van der Waals surface area (Å²) in [6.45, 7) is 1.87. The van der Waals surface area contributed by atoms with Crippen molar-refractivity contribution in [3.05, 3.63) is 34.2 Å². The van der Waals surface area contributed by atoms with Crippen molar-refractivity contribution in [2.45, 2.75) is 19.8 Å². The van der Waals surface area contributed by atoms with Crippen molar-refractivity contribution in [1.29, 1.82) is 0 Å². The van der Waals surface area contributed by atoms with E-state index in [1.165, 1.54) is 22.9 Å². The van der Waals surface area contributed by atoms with Crippen LogP contribution in [0.4, 0.5) is 5.00 Å². The lowest BCUT2D eigenvalue weighted by atomic mass is 10.2. The minimum absolute atomic E-state index is 0.0145. The molecule has 0 atom stereocenters. The fourth-order valence-electron chi connectivity index (χ4n) is 1.41. The summed E-state index contributed by atoms with van der Waals surface area (Å²) in [6, 6.07) is 5.42. The molecular weight excluding hydrogens is 268 g/mol. The fourth-order valence-corrected chi connectivity index (χ4v) is 2.78. The molecule has 0 aliphatic carbocycles. The Kier molecular flexibility index (Phi) is 4.22. The van der Waals surface area contributed by atoms with Crippen LogP contribution in [0, 0.1) is 6.92 Å². The van der Waals surface area contributed by atoms with Crippen molar-refractivity contribution < 1.29 is 9.59 Å². The number of nitrogens with zero attached hydrogens (tertiary/aromatic N) is 1. The monoisotopic (exact) mass is 280 g/mol. The van der Waals surface area contributed by atoms with E-state index < -0.39 is 0 Å². The molecule has 0 aromatic carbocycles. The molecule has 6 heteroatoms. The topological polar surface area (TPSA) is 59.1 Å². The minimum atomic E-state index is -0.149. The summed E-state index contributed by atoms with van der Waals surface area (Å²) in [5.74, 6) is -0.135. The molecule has 2 aromatic rings. The zero-order valence-corrected chi connectivity index (χ0v) is 11.4. The van der Waals surface area contributed by atoms with Crippen molar-refractivity contribution in [2.24, 2.45) is 0 Å². The summed E-state index contributed by atoms with van der Waals surface area (Å²) in [4.78, 5) is 24.0. The molecule has 0 saturated carbocycles. The van der Waals surface area contributed by atoms with Crippen LogP contribution in [0.15, 0.2) is 23.6 Å². The van der Waals surface area contributed by atoms with E-state index in [9.17, 15) is 9.59 Å². The van der Waals surface area contributed by atoms with Gasteiger partial charge in [0.2, 0.25) is 5.91 Å². The van der Waals surface area contributed by atoms with Gasteiger partial charge in [0.25, 0.3) is 0 Å². The summed E-state index contributed by atoms with van der Waals surface area (Å²) < 4.78 is 4.07. The summed E-state index contributed by atoms with van der Waals surface area (Å²) in [5, 5.41) is 5.31. The Labute approximate surface area is 113 Å². The lowest BCUT2D eigenvalue weighted by Gasteiger charge is -2.00. The normalized spacial score (nSPS) is 10.3. The van der Waals surface area contributed by atoms with Crippen LogP contribution < -0.4 is 5.32 Å². The van der Waals surface area contributed by atoms with E-state index in [0.29, 0.717) is 4.88 Å². The van der Waals surface area contributed by atoms with E-state index >= 15 is 0 Å². The summed E-state index contributed by atoms with van der Waals surface area (Å²) in [5.41, 5.74) is 0.880. The molecule has 0 radical (unpaired) electrons. The average Bonchev–Trinajstić information content (AvgIpc) is 2.97. The summed E-state index contributed by atoms with van der Waals surface area (Å²) >= 11 is 2.65. The van der Waals surface area contributed by atoms with Gasteiger partial charge in [0, 0.05) is 12.8 Å². The highest BCUT2D eigenvalue weighted by atomic mass is 32.1. The third-order valence-corrected chi connectivity index (χ3v) is 3.97. The molecule has 4 nitrogen and oxygen atoms in total. The van der Waals surface area contributed by atoms with Gasteiger partial charge < -0.3 is 5.32 Å². The van der Waals surface area contributed by atoms with Crippen LogP contribution in [0.5, 0.6) is 0 Å². The van der Waals surface area contributed by atoms with Gasteiger partial charge in [-0.25, -0.2) is 0 Å². The standard InChI is InChI=1S/C12H12N2O2S2/c1-8-7-12(18-14-8)13-11(16)5-4-9(15)10-3-2-6-17-10/h2-3,6-7H,4-5H2,1H3,(H,13,16). The third-order valence-electron chi connectivity index (χ3n) is 2.27.